The summed E-state index contributed by atoms with van der Waals surface area (Å²) < 4.78 is 1.77. The number of nitrogens with zero attached hydrogens (tertiary/aromatic N) is 3. The van der Waals surface area contributed by atoms with Crippen molar-refractivity contribution in [2.45, 2.75) is 6.42 Å². The molecule has 4 nitrogen and oxygen atoms in total. The zero-order valence-electron chi connectivity index (χ0n) is 6.94. The van der Waals surface area contributed by atoms with Crippen LogP contribution in [-0.4, -0.2) is 20.5 Å². The minimum Gasteiger partial charge on any atom is -0.382 e. The zero-order chi connectivity index (χ0) is 9.26. The highest BCUT2D eigenvalue weighted by Crippen LogP contribution is 2.13. The van der Waals surface area contributed by atoms with Crippen LogP contribution < -0.4 is 5.73 Å². The summed E-state index contributed by atoms with van der Waals surface area (Å²) in [6.07, 6.45) is 2.23. The molecule has 0 spiro atoms. The zero-order valence-corrected chi connectivity index (χ0v) is 7.70. The highest BCUT2D eigenvalue weighted by atomic mass is 35.5. The maximum atomic E-state index is 5.66. The van der Waals surface area contributed by atoms with E-state index >= 15 is 0 Å². The molecular weight excluding hydrogens is 188 g/mol. The Balaban J connectivity index is 2.61. The number of nitrogen functional groups attached to an aromatic ring is 1. The quantitative estimate of drug-likeness (QED) is 0.732. The lowest BCUT2D eigenvalue weighted by Gasteiger charge is -1.99. The van der Waals surface area contributed by atoms with E-state index in [0.717, 1.165) is 17.6 Å². The van der Waals surface area contributed by atoms with Gasteiger partial charge in [0.05, 0.1) is 0 Å². The average molecular weight is 197 g/mol. The number of aryl methyl sites for hydroxylation is 1. The maximum Gasteiger partial charge on any atom is 0.151 e. The van der Waals surface area contributed by atoms with Crippen molar-refractivity contribution in [2.75, 3.05) is 11.6 Å². The van der Waals surface area contributed by atoms with Crippen molar-refractivity contribution in [2.24, 2.45) is 0 Å². The number of nitrogens with two attached hydrogens (primary N) is 1. The molecule has 0 bridgehead atoms. The standard InChI is InChI=1S/C8H9ClN4/c9-4-3-6-1-2-7-8(10)11-5-12-13(6)7/h1-2,5H,3-4H2,(H2,10,11,12). The minimum atomic E-state index is 0.496. The molecule has 0 fully saturated rings. The second-order valence-corrected chi connectivity index (χ2v) is 3.08. The molecule has 0 aliphatic carbocycles. The van der Waals surface area contributed by atoms with Crippen molar-refractivity contribution < 1.29 is 0 Å². The van der Waals surface area contributed by atoms with Crippen molar-refractivity contribution in [3.05, 3.63) is 24.2 Å². The SMILES string of the molecule is Nc1ncnn2c(CCCl)ccc12. The Morgan fingerprint density at radius 2 is 2.31 bits per heavy atom. The normalized spacial score (nSPS) is 10.8. The fourth-order valence-electron chi connectivity index (χ4n) is 1.29. The monoisotopic (exact) mass is 196 g/mol. The molecule has 2 heterocycles. The van der Waals surface area contributed by atoms with Gasteiger partial charge in [-0.05, 0) is 12.1 Å². The number of hydrogen-bond donors (Lipinski definition) is 1. The largest absolute Gasteiger partial charge is 0.382 e. The van der Waals surface area contributed by atoms with Gasteiger partial charge in [-0.15, -0.1) is 11.6 Å². The van der Waals surface area contributed by atoms with Crippen LogP contribution in [0.15, 0.2) is 18.5 Å². The van der Waals surface area contributed by atoms with Crippen LogP contribution in [-0.2, 0) is 6.42 Å². The van der Waals surface area contributed by atoms with Gasteiger partial charge in [0, 0.05) is 18.0 Å². The first kappa shape index (κ1) is 8.31. The molecule has 13 heavy (non-hydrogen) atoms. The topological polar surface area (TPSA) is 56.2 Å². The van der Waals surface area contributed by atoms with E-state index in [1.54, 1.807) is 4.52 Å². The Kier molecular flexibility index (Phi) is 2.06. The van der Waals surface area contributed by atoms with Gasteiger partial charge in [0.15, 0.2) is 5.82 Å². The highest BCUT2D eigenvalue weighted by molar-refractivity contribution is 6.17. The highest BCUT2D eigenvalue weighted by Gasteiger charge is 2.04. The second-order valence-electron chi connectivity index (χ2n) is 2.71. The van der Waals surface area contributed by atoms with Gasteiger partial charge >= 0.3 is 0 Å². The summed E-state index contributed by atoms with van der Waals surface area (Å²) in [6.45, 7) is 0. The van der Waals surface area contributed by atoms with E-state index < -0.39 is 0 Å². The molecule has 0 unspecified atom stereocenters. The van der Waals surface area contributed by atoms with Crippen molar-refractivity contribution in [3.8, 4) is 0 Å². The van der Waals surface area contributed by atoms with Crippen molar-refractivity contribution in [1.82, 2.24) is 14.6 Å². The van der Waals surface area contributed by atoms with E-state index in [4.69, 9.17) is 17.3 Å². The second kappa shape index (κ2) is 3.22. The number of anilines is 1. The molecule has 0 saturated carbocycles. The Morgan fingerprint density at radius 3 is 3.08 bits per heavy atom. The van der Waals surface area contributed by atoms with E-state index in [1.165, 1.54) is 6.33 Å². The summed E-state index contributed by atoms with van der Waals surface area (Å²) in [7, 11) is 0. The van der Waals surface area contributed by atoms with Crippen LogP contribution in [0.25, 0.3) is 5.52 Å². The first-order chi connectivity index (χ1) is 6.33. The van der Waals surface area contributed by atoms with Crippen molar-refractivity contribution in [3.63, 3.8) is 0 Å². The number of fused-ring (bicyclic) bond motifs is 1. The number of hydrogen-bond acceptors (Lipinski definition) is 3. The van der Waals surface area contributed by atoms with Gasteiger partial charge in [-0.25, -0.2) is 9.50 Å². The molecule has 2 aromatic rings. The predicted octanol–water partition coefficient (Wildman–Crippen LogP) is 1.09. The van der Waals surface area contributed by atoms with Gasteiger partial charge in [-0.1, -0.05) is 0 Å². The fourth-order valence-corrected chi connectivity index (χ4v) is 1.49. The van der Waals surface area contributed by atoms with Crippen LogP contribution in [0.2, 0.25) is 0 Å². The van der Waals surface area contributed by atoms with Gasteiger partial charge in [0.2, 0.25) is 0 Å². The van der Waals surface area contributed by atoms with E-state index in [0.29, 0.717) is 11.7 Å². The molecule has 0 aliphatic heterocycles. The van der Waals surface area contributed by atoms with Gasteiger partial charge in [-0.3, -0.25) is 0 Å². The molecule has 2 N–H and O–H groups in total. The number of rotatable bonds is 2. The summed E-state index contributed by atoms with van der Waals surface area (Å²) in [5, 5.41) is 4.09. The maximum absolute atomic E-state index is 5.66. The lowest BCUT2D eigenvalue weighted by molar-refractivity contribution is 0.842. The molecule has 0 radical (unpaired) electrons. The Bertz CT molecular complexity index is 423. The summed E-state index contributed by atoms with van der Waals surface area (Å²) in [6, 6.07) is 3.86. The molecule has 2 rings (SSSR count). The molecule has 0 aliphatic rings. The molecule has 68 valence electrons. The van der Waals surface area contributed by atoms with Crippen molar-refractivity contribution in [1.29, 1.82) is 0 Å². The van der Waals surface area contributed by atoms with E-state index in [1.807, 2.05) is 12.1 Å². The molecule has 0 atom stereocenters. The van der Waals surface area contributed by atoms with Crippen LogP contribution >= 0.6 is 11.6 Å². The average Bonchev–Trinajstić information content (AvgIpc) is 2.51. The van der Waals surface area contributed by atoms with Crippen LogP contribution in [0.4, 0.5) is 5.82 Å². The number of alkyl halides is 1. The Labute approximate surface area is 80.3 Å². The van der Waals surface area contributed by atoms with Crippen LogP contribution in [0.5, 0.6) is 0 Å². The summed E-state index contributed by atoms with van der Waals surface area (Å²) in [5.41, 5.74) is 7.55. The predicted molar refractivity (Wildman–Crippen MR) is 51.8 cm³/mol. The third-order valence-corrected chi connectivity index (χ3v) is 2.10. The van der Waals surface area contributed by atoms with Crippen LogP contribution in [0, 0.1) is 0 Å². The van der Waals surface area contributed by atoms with Crippen molar-refractivity contribution >= 4 is 22.9 Å². The number of aromatic nitrogens is 3. The lowest BCUT2D eigenvalue weighted by Crippen LogP contribution is -2.02. The summed E-state index contributed by atoms with van der Waals surface area (Å²) in [5.74, 6) is 1.08. The third kappa shape index (κ3) is 1.33. The van der Waals surface area contributed by atoms with E-state index in [2.05, 4.69) is 10.1 Å². The van der Waals surface area contributed by atoms with E-state index in [-0.39, 0.29) is 0 Å². The smallest absolute Gasteiger partial charge is 0.151 e. The molecule has 0 amide bonds. The number of halogens is 1. The van der Waals surface area contributed by atoms with Gasteiger partial charge in [0.1, 0.15) is 11.8 Å². The molecule has 0 aromatic carbocycles. The molecule has 2 aromatic heterocycles. The van der Waals surface area contributed by atoms with Crippen LogP contribution in [0.1, 0.15) is 5.69 Å². The first-order valence-electron chi connectivity index (χ1n) is 3.96. The Morgan fingerprint density at radius 1 is 1.46 bits per heavy atom. The van der Waals surface area contributed by atoms with E-state index in [9.17, 15) is 0 Å². The summed E-state index contributed by atoms with van der Waals surface area (Å²) >= 11 is 5.65. The first-order valence-corrected chi connectivity index (χ1v) is 4.49. The van der Waals surface area contributed by atoms with Gasteiger partial charge in [-0.2, -0.15) is 5.10 Å². The molecule has 0 saturated heterocycles. The lowest BCUT2D eigenvalue weighted by atomic mass is 10.3. The molecular formula is C8H9ClN4. The molecule has 5 heteroatoms. The summed E-state index contributed by atoms with van der Waals surface area (Å²) in [4.78, 5) is 3.89. The minimum absolute atomic E-state index is 0.496. The van der Waals surface area contributed by atoms with Gasteiger partial charge in [0.25, 0.3) is 0 Å². The fraction of sp³-hybridized carbons (Fsp3) is 0.250. The third-order valence-electron chi connectivity index (χ3n) is 1.91. The Hall–Kier alpha value is -1.29. The van der Waals surface area contributed by atoms with Gasteiger partial charge < -0.3 is 5.73 Å². The van der Waals surface area contributed by atoms with Crippen LogP contribution in [0.3, 0.4) is 0 Å².